The first-order chi connectivity index (χ1) is 19.6. The van der Waals surface area contributed by atoms with Crippen LogP contribution in [0.1, 0.15) is 73.6 Å². The van der Waals surface area contributed by atoms with Gasteiger partial charge in [0.15, 0.2) is 0 Å². The second-order valence-electron chi connectivity index (χ2n) is 14.0. The van der Waals surface area contributed by atoms with Gasteiger partial charge in [-0.25, -0.2) is 0 Å². The topological polar surface area (TPSA) is 140 Å². The molecule has 1 spiro atoms. The molecule has 4 heterocycles. The number of allylic oxidation sites excluding steroid dienone is 2. The third-order valence-electron chi connectivity index (χ3n) is 10.1. The Morgan fingerprint density at radius 3 is 2.57 bits per heavy atom. The third-order valence-corrected chi connectivity index (χ3v) is 14.4. The first kappa shape index (κ1) is 32.1. The molecule has 5 unspecified atom stereocenters. The molecular weight excluding hydrogens is 651 g/mol. The number of nitrogens with two attached hydrogens (primary N) is 1. The van der Waals surface area contributed by atoms with E-state index < -0.39 is 60.8 Å². The summed E-state index contributed by atoms with van der Waals surface area (Å²) in [5.41, 5.74) is 7.49. The van der Waals surface area contributed by atoms with Crippen molar-refractivity contribution in [3.63, 3.8) is 0 Å². The summed E-state index contributed by atoms with van der Waals surface area (Å²) in [6.45, 7) is 16.1. The average Bonchev–Trinajstić information content (AvgIpc) is 3.26. The van der Waals surface area contributed by atoms with Crippen molar-refractivity contribution < 1.29 is 55.2 Å². The summed E-state index contributed by atoms with van der Waals surface area (Å²) in [6, 6.07) is -1.40. The van der Waals surface area contributed by atoms with Crippen LogP contribution in [0.5, 0.6) is 0 Å². The van der Waals surface area contributed by atoms with Crippen molar-refractivity contribution in [1.29, 1.82) is 0 Å². The number of esters is 2. The van der Waals surface area contributed by atoms with Gasteiger partial charge in [-0.2, -0.15) is 0 Å². The molecule has 0 saturated carbocycles. The number of carbonyl (C=O) groups excluding carboxylic acids is 2. The number of ether oxygens (including phenoxy) is 3. The molecule has 2 fully saturated rings. The van der Waals surface area contributed by atoms with Crippen LogP contribution in [0.25, 0.3) is 0 Å². The number of rotatable bonds is 8. The van der Waals surface area contributed by atoms with Crippen molar-refractivity contribution in [2.75, 3.05) is 6.61 Å². The van der Waals surface area contributed by atoms with Crippen molar-refractivity contribution >= 4 is 11.9 Å². The summed E-state index contributed by atoms with van der Waals surface area (Å²) in [7, 11) is 0. The zero-order valence-electron chi connectivity index (χ0n) is 25.7. The molecule has 10 heteroatoms. The van der Waals surface area contributed by atoms with Gasteiger partial charge in [0.1, 0.15) is 0 Å². The Kier molecular flexibility index (Phi) is 8.83. The Hall–Kier alpha value is -1.31. The molecule has 4 aliphatic heterocycles. The third kappa shape index (κ3) is 5.42. The van der Waals surface area contributed by atoms with Crippen molar-refractivity contribution in [2.45, 2.75) is 117 Å². The molecule has 9 nitrogen and oxygen atoms in total. The summed E-state index contributed by atoms with van der Waals surface area (Å²) in [4.78, 5) is 26.4. The predicted octanol–water partition coefficient (Wildman–Crippen LogP) is -0.303. The fourth-order valence-electron chi connectivity index (χ4n) is 7.55. The minimum absolute atomic E-state index is 0.00252. The number of carbonyl (C=O) groups is 2. The molecule has 236 valence electrons. The van der Waals surface area contributed by atoms with Gasteiger partial charge in [-0.05, 0) is 0 Å². The fraction of sp³-hybridized carbons (Fsp3) is 0.750. The van der Waals surface area contributed by atoms with Crippen LogP contribution >= 0.6 is 0 Å². The van der Waals surface area contributed by atoms with Crippen LogP contribution in [-0.4, -0.2) is 72.4 Å². The number of alkyl halides is 2. The molecule has 0 aromatic heterocycles. The van der Waals surface area contributed by atoms with E-state index in [9.17, 15) is 19.8 Å². The van der Waals surface area contributed by atoms with Gasteiger partial charge < -0.3 is 0 Å². The van der Waals surface area contributed by atoms with Crippen LogP contribution in [0.4, 0.5) is 0 Å². The number of hydrogen-bond donors (Lipinski definition) is 4. The maximum absolute atomic E-state index is 13.9. The summed E-state index contributed by atoms with van der Waals surface area (Å²) in [5.74, 6) is -1.00. The average molecular weight is 700 g/mol. The zero-order chi connectivity index (χ0) is 30.8. The molecule has 0 aromatic rings. The van der Waals surface area contributed by atoms with Crippen LogP contribution in [-0.2, 0) is 23.8 Å². The molecule has 3 bridgehead atoms. The Balaban J connectivity index is 1.47. The monoisotopic (exact) mass is 699 g/mol. The quantitative estimate of drug-likeness (QED) is 0.0885. The summed E-state index contributed by atoms with van der Waals surface area (Å²) in [5, 5.41) is 26.0. The van der Waals surface area contributed by atoms with Gasteiger partial charge >= 0.3 is 261 Å². The van der Waals surface area contributed by atoms with Crippen LogP contribution < -0.4 is 32.3 Å². The van der Waals surface area contributed by atoms with Gasteiger partial charge in [-0.1, -0.05) is 0 Å². The van der Waals surface area contributed by atoms with Gasteiger partial charge in [0, 0.05) is 0 Å². The summed E-state index contributed by atoms with van der Waals surface area (Å²) >= 11 is -0.889. The molecule has 42 heavy (non-hydrogen) atoms. The second-order valence-corrected chi connectivity index (χ2v) is 18.0. The molecule has 5 N–H and O–H groups in total. The number of aliphatic hydroxyl groups is 2. The Bertz CT molecular complexity index is 1180. The first-order valence-corrected chi connectivity index (χ1v) is 17.6. The molecule has 6 rings (SSSR count). The number of fused-ring (bicyclic) bond motifs is 1. The van der Waals surface area contributed by atoms with Crippen LogP contribution in [0.15, 0.2) is 35.5 Å². The van der Waals surface area contributed by atoms with Gasteiger partial charge in [-0.15, -0.1) is 0 Å². The number of nitrogens with one attached hydrogen (secondary N) is 1. The van der Waals surface area contributed by atoms with Gasteiger partial charge in [-0.3, -0.25) is 0 Å². The Morgan fingerprint density at radius 2 is 1.95 bits per heavy atom. The van der Waals surface area contributed by atoms with Gasteiger partial charge in [0.25, 0.3) is 0 Å². The Labute approximate surface area is 259 Å². The minimum atomic E-state index is -1.38. The molecule has 0 aromatic carbocycles. The second kappa shape index (κ2) is 11.6. The van der Waals surface area contributed by atoms with E-state index in [-0.39, 0.29) is 39.2 Å². The number of hydrogen-bond acceptors (Lipinski definition) is 9. The molecular formula is C32H48IN2O7-. The maximum atomic E-state index is 13.9. The van der Waals surface area contributed by atoms with Crippen molar-refractivity contribution in [1.82, 2.24) is 5.32 Å². The summed E-state index contributed by atoms with van der Waals surface area (Å²) < 4.78 is 17.6. The van der Waals surface area contributed by atoms with Crippen LogP contribution in [0, 0.1) is 23.2 Å². The van der Waals surface area contributed by atoms with Crippen molar-refractivity contribution in [3.05, 3.63) is 35.5 Å². The van der Waals surface area contributed by atoms with E-state index in [0.717, 1.165) is 24.0 Å². The van der Waals surface area contributed by atoms with E-state index in [1.165, 1.54) is 0 Å². The number of halogens is 1. The molecule has 6 aliphatic rings. The van der Waals surface area contributed by atoms with Crippen molar-refractivity contribution in [3.8, 4) is 0 Å². The molecule has 10 atom stereocenters. The first-order valence-electron chi connectivity index (χ1n) is 15.3. The van der Waals surface area contributed by atoms with Gasteiger partial charge in [0.05, 0.1) is 0 Å². The van der Waals surface area contributed by atoms with Crippen LogP contribution in [0.3, 0.4) is 0 Å². The van der Waals surface area contributed by atoms with E-state index in [1.54, 1.807) is 6.92 Å². The van der Waals surface area contributed by atoms with Crippen molar-refractivity contribution in [2.24, 2.45) is 28.9 Å². The van der Waals surface area contributed by atoms with E-state index in [0.29, 0.717) is 31.4 Å². The summed E-state index contributed by atoms with van der Waals surface area (Å²) in [6.07, 6.45) is 5.95. The van der Waals surface area contributed by atoms with Gasteiger partial charge in [0.2, 0.25) is 0 Å². The zero-order valence-corrected chi connectivity index (χ0v) is 27.8. The van der Waals surface area contributed by atoms with E-state index >= 15 is 0 Å². The molecule has 0 radical (unpaired) electrons. The Morgan fingerprint density at radius 1 is 1.26 bits per heavy atom. The standard InChI is InChI=1S/C32H48IN2O7/c1-16(2)24(34)26(36)35-25(17(3)4)28(38)41-29-31-13-19(33-32(29,39)18(5)6)9-8-11-30(7)12-10-20-21(15-40-27(20)37)23(30)22(14-31)42-31/h8,11,16-17,19,22-26,29,35-36,39H,5,9-10,12-15,34H2,1-4,6-7H3/q-1/b11-8+/t19-,22?,23?,24?,25-,26?,29+,30+,31?,32-/m1/s1. The van der Waals surface area contributed by atoms with E-state index in [2.05, 4.69) is 31.0 Å². The molecule has 2 saturated heterocycles. The normalized spacial score (nSPS) is 40.5. The molecule has 0 amide bonds. The number of aliphatic hydroxyl groups excluding tert-OH is 1. The van der Waals surface area contributed by atoms with Crippen LogP contribution in [0.2, 0.25) is 0 Å². The van der Waals surface area contributed by atoms with E-state index in [1.807, 2.05) is 27.7 Å². The SMILES string of the molecule is C=C(C)[C@]1(O)[I-][C@@H]2C/C=C/[C@@]3(C)CCC4=C(COC4=O)C3C3CC(C2)(O3)[C@@H]1OC(=O)[C@H](NC(O)C(N)C(C)C)C(C)C. The molecule has 2 aliphatic carbocycles. The predicted molar refractivity (Wildman–Crippen MR) is 153 cm³/mol. The fourth-order valence-corrected chi connectivity index (χ4v) is 12.0. The van der Waals surface area contributed by atoms with E-state index in [4.69, 9.17) is 19.9 Å². The number of cyclic esters (lactones) is 1.